The highest BCUT2D eigenvalue weighted by Crippen LogP contribution is 2.68. The highest BCUT2D eigenvalue weighted by Gasteiger charge is 2.60. The van der Waals surface area contributed by atoms with E-state index in [9.17, 15) is 10.2 Å². The van der Waals surface area contributed by atoms with E-state index in [4.69, 9.17) is 0 Å². The molecule has 0 saturated heterocycles. The molecule has 4 saturated carbocycles. The fourth-order valence-corrected chi connectivity index (χ4v) is 8.25. The maximum atomic E-state index is 10.4. The van der Waals surface area contributed by atoms with Crippen LogP contribution in [0.3, 0.4) is 0 Å². The van der Waals surface area contributed by atoms with E-state index in [1.54, 1.807) is 11.1 Å². The number of aliphatic hydroxyl groups excluding tert-OH is 2. The van der Waals surface area contributed by atoms with Crippen molar-refractivity contribution in [1.29, 1.82) is 0 Å². The lowest BCUT2D eigenvalue weighted by Crippen LogP contribution is -2.55. The molecule has 0 bridgehead atoms. The van der Waals surface area contributed by atoms with Crippen LogP contribution in [0.25, 0.3) is 0 Å². The monoisotopic (exact) mass is 346 g/mol. The summed E-state index contributed by atoms with van der Waals surface area (Å²) in [7, 11) is 0. The van der Waals surface area contributed by atoms with E-state index in [1.165, 1.54) is 38.5 Å². The van der Waals surface area contributed by atoms with Crippen molar-refractivity contribution in [3.8, 4) is 0 Å². The first kappa shape index (κ1) is 18.0. The van der Waals surface area contributed by atoms with E-state index >= 15 is 0 Å². The molecule has 4 fully saturated rings. The Labute approximate surface area is 154 Å². The average molecular weight is 347 g/mol. The molecule has 0 unspecified atom stereocenters. The SMILES string of the molecule is CC(C)=C1CC[C@H]2[C@@H]3CC[C@H]4C[C@H](O)[C@@H](CO)C[C@]4(C)[C@H]3CC[C@]12C. The summed E-state index contributed by atoms with van der Waals surface area (Å²) in [6.45, 7) is 9.88. The molecule has 0 aliphatic heterocycles. The number of aliphatic hydroxyl groups is 2. The topological polar surface area (TPSA) is 40.5 Å². The van der Waals surface area contributed by atoms with Crippen molar-refractivity contribution in [3.63, 3.8) is 0 Å². The summed E-state index contributed by atoms with van der Waals surface area (Å²) in [6, 6.07) is 0. The first-order valence-corrected chi connectivity index (χ1v) is 10.8. The Morgan fingerprint density at radius 2 is 1.84 bits per heavy atom. The normalized spacial score (nSPS) is 52.3. The number of hydrogen-bond acceptors (Lipinski definition) is 2. The van der Waals surface area contributed by atoms with Crippen LogP contribution in [-0.2, 0) is 0 Å². The Kier molecular flexibility index (Phi) is 4.40. The third kappa shape index (κ3) is 2.50. The van der Waals surface area contributed by atoms with Gasteiger partial charge in [0.05, 0.1) is 6.10 Å². The lowest BCUT2D eigenvalue weighted by molar-refractivity contribution is -0.140. The standard InChI is InChI=1S/C23H38O2/c1-14(2)18-7-8-19-17-6-5-16-11-21(25)15(13-24)12-23(16,4)20(17)9-10-22(18,19)3/h15-17,19-21,24-25H,5-13H2,1-4H3/t15-,16+,17+,19+,20+,21+,22-,23+/m1/s1. The van der Waals surface area contributed by atoms with E-state index in [-0.39, 0.29) is 18.6 Å². The van der Waals surface area contributed by atoms with Gasteiger partial charge in [0.15, 0.2) is 0 Å². The molecule has 0 spiro atoms. The van der Waals surface area contributed by atoms with Gasteiger partial charge >= 0.3 is 0 Å². The van der Waals surface area contributed by atoms with Crippen molar-refractivity contribution in [2.45, 2.75) is 85.2 Å². The zero-order valence-electron chi connectivity index (χ0n) is 16.7. The zero-order chi connectivity index (χ0) is 18.0. The van der Waals surface area contributed by atoms with Gasteiger partial charge in [0, 0.05) is 12.5 Å². The second-order valence-corrected chi connectivity index (χ2v) is 10.6. The zero-order valence-corrected chi connectivity index (χ0v) is 16.7. The Morgan fingerprint density at radius 1 is 1.08 bits per heavy atom. The van der Waals surface area contributed by atoms with Gasteiger partial charge in [-0.25, -0.2) is 0 Å². The van der Waals surface area contributed by atoms with Crippen molar-refractivity contribution < 1.29 is 10.2 Å². The molecular formula is C23H38O2. The predicted octanol–water partition coefficient (Wildman–Crippen LogP) is 4.94. The van der Waals surface area contributed by atoms with Crippen molar-refractivity contribution in [3.05, 3.63) is 11.1 Å². The Hall–Kier alpha value is -0.340. The summed E-state index contributed by atoms with van der Waals surface area (Å²) in [4.78, 5) is 0. The fourth-order valence-electron chi connectivity index (χ4n) is 8.25. The molecule has 0 amide bonds. The van der Waals surface area contributed by atoms with Crippen LogP contribution >= 0.6 is 0 Å². The van der Waals surface area contributed by atoms with Crippen LogP contribution in [0.2, 0.25) is 0 Å². The summed E-state index contributed by atoms with van der Waals surface area (Å²) in [5, 5.41) is 20.2. The van der Waals surface area contributed by atoms with Gasteiger partial charge in [-0.15, -0.1) is 0 Å². The maximum absolute atomic E-state index is 10.4. The minimum absolute atomic E-state index is 0.102. The minimum atomic E-state index is -0.280. The lowest BCUT2D eigenvalue weighted by atomic mass is 9.44. The Balaban J connectivity index is 1.64. The average Bonchev–Trinajstić information content (AvgIpc) is 2.92. The summed E-state index contributed by atoms with van der Waals surface area (Å²) in [5.41, 5.74) is 4.14. The van der Waals surface area contributed by atoms with Gasteiger partial charge in [0.2, 0.25) is 0 Å². The highest BCUT2D eigenvalue weighted by molar-refractivity contribution is 5.27. The molecule has 4 rings (SSSR count). The Morgan fingerprint density at radius 3 is 2.52 bits per heavy atom. The van der Waals surface area contributed by atoms with Crippen molar-refractivity contribution in [2.75, 3.05) is 6.61 Å². The van der Waals surface area contributed by atoms with Crippen molar-refractivity contribution >= 4 is 0 Å². The Bertz CT molecular complexity index is 562. The second-order valence-electron chi connectivity index (χ2n) is 10.6. The molecule has 0 aromatic rings. The largest absolute Gasteiger partial charge is 0.396 e. The van der Waals surface area contributed by atoms with Crippen LogP contribution in [0.1, 0.15) is 79.1 Å². The van der Waals surface area contributed by atoms with E-state index in [0.717, 1.165) is 30.6 Å². The van der Waals surface area contributed by atoms with E-state index < -0.39 is 0 Å². The quantitative estimate of drug-likeness (QED) is 0.660. The smallest absolute Gasteiger partial charge is 0.0593 e. The van der Waals surface area contributed by atoms with Crippen LogP contribution in [0.4, 0.5) is 0 Å². The number of hydrogen-bond donors (Lipinski definition) is 2. The van der Waals surface area contributed by atoms with Gasteiger partial charge in [-0.1, -0.05) is 25.0 Å². The van der Waals surface area contributed by atoms with Crippen LogP contribution in [-0.4, -0.2) is 22.9 Å². The van der Waals surface area contributed by atoms with Gasteiger partial charge in [0.25, 0.3) is 0 Å². The first-order valence-electron chi connectivity index (χ1n) is 10.8. The lowest BCUT2D eigenvalue weighted by Gasteiger charge is -2.61. The summed E-state index contributed by atoms with van der Waals surface area (Å²) in [5.74, 6) is 3.31. The van der Waals surface area contributed by atoms with Gasteiger partial charge in [-0.05, 0) is 99.7 Å². The molecule has 2 nitrogen and oxygen atoms in total. The third-order valence-electron chi connectivity index (χ3n) is 9.46. The summed E-state index contributed by atoms with van der Waals surface area (Å²) >= 11 is 0. The molecule has 2 heteroatoms. The van der Waals surface area contributed by atoms with E-state index in [0.29, 0.717) is 16.7 Å². The number of fused-ring (bicyclic) bond motifs is 5. The van der Waals surface area contributed by atoms with Gasteiger partial charge < -0.3 is 10.2 Å². The fraction of sp³-hybridized carbons (Fsp3) is 0.913. The molecule has 0 heterocycles. The molecule has 0 aromatic carbocycles. The van der Waals surface area contributed by atoms with Crippen molar-refractivity contribution in [2.24, 2.45) is 40.4 Å². The minimum Gasteiger partial charge on any atom is -0.396 e. The third-order valence-corrected chi connectivity index (χ3v) is 9.46. The molecule has 0 radical (unpaired) electrons. The van der Waals surface area contributed by atoms with E-state index in [1.807, 2.05) is 0 Å². The summed E-state index contributed by atoms with van der Waals surface area (Å²) < 4.78 is 0. The molecule has 142 valence electrons. The number of allylic oxidation sites excluding steroid dienone is 2. The highest BCUT2D eigenvalue weighted by atomic mass is 16.3. The van der Waals surface area contributed by atoms with Crippen LogP contribution in [0.5, 0.6) is 0 Å². The van der Waals surface area contributed by atoms with E-state index in [2.05, 4.69) is 27.7 Å². The maximum Gasteiger partial charge on any atom is 0.0593 e. The molecule has 4 aliphatic rings. The van der Waals surface area contributed by atoms with Gasteiger partial charge in [-0.2, -0.15) is 0 Å². The van der Waals surface area contributed by atoms with Gasteiger partial charge in [-0.3, -0.25) is 0 Å². The molecule has 8 atom stereocenters. The molecule has 4 aliphatic carbocycles. The molecule has 2 N–H and O–H groups in total. The molecule has 25 heavy (non-hydrogen) atoms. The first-order chi connectivity index (χ1) is 11.8. The second kappa shape index (κ2) is 6.09. The predicted molar refractivity (Wildman–Crippen MR) is 102 cm³/mol. The molecule has 0 aromatic heterocycles. The van der Waals surface area contributed by atoms with Crippen LogP contribution in [0, 0.1) is 40.4 Å². The van der Waals surface area contributed by atoms with Crippen LogP contribution < -0.4 is 0 Å². The van der Waals surface area contributed by atoms with Crippen molar-refractivity contribution in [1.82, 2.24) is 0 Å². The van der Waals surface area contributed by atoms with Gasteiger partial charge in [0.1, 0.15) is 0 Å². The summed E-state index contributed by atoms with van der Waals surface area (Å²) in [6.07, 6.45) is 9.78. The molecular weight excluding hydrogens is 308 g/mol. The number of rotatable bonds is 1. The van der Waals surface area contributed by atoms with Crippen LogP contribution in [0.15, 0.2) is 11.1 Å².